The lowest BCUT2D eigenvalue weighted by Gasteiger charge is -2.34. The van der Waals surface area contributed by atoms with Gasteiger partial charge < -0.3 is 9.47 Å². The van der Waals surface area contributed by atoms with E-state index in [1.807, 2.05) is 30.3 Å². The predicted octanol–water partition coefficient (Wildman–Crippen LogP) is 4.84. The van der Waals surface area contributed by atoms with E-state index in [-0.39, 0.29) is 18.8 Å². The van der Waals surface area contributed by atoms with Gasteiger partial charge in [-0.05, 0) is 23.1 Å². The third kappa shape index (κ3) is 5.24. The fourth-order valence-corrected chi connectivity index (χ4v) is 3.81. The normalized spacial score (nSPS) is 17.0. The van der Waals surface area contributed by atoms with Crippen molar-refractivity contribution in [2.75, 3.05) is 6.61 Å². The molecule has 1 heterocycles. The Bertz CT molecular complexity index is 858. The van der Waals surface area contributed by atoms with Gasteiger partial charge in [-0.15, -0.1) is 0 Å². The third-order valence-electron chi connectivity index (χ3n) is 5.26. The lowest BCUT2D eigenvalue weighted by atomic mass is 9.98. The highest BCUT2D eigenvalue weighted by molar-refractivity contribution is 5.62. The Kier molecular flexibility index (Phi) is 6.22. The Morgan fingerprint density at radius 3 is 1.69 bits per heavy atom. The lowest BCUT2D eigenvalue weighted by molar-refractivity contribution is 0.0497. The highest BCUT2D eigenvalue weighted by atomic mass is 16.8. The number of nitrogens with zero attached hydrogens (tertiary/aromatic N) is 1. The zero-order valence-corrected chi connectivity index (χ0v) is 16.3. The average Bonchev–Trinajstić information content (AvgIpc) is 3.20. The van der Waals surface area contributed by atoms with Crippen LogP contribution in [0.2, 0.25) is 0 Å². The van der Waals surface area contributed by atoms with Gasteiger partial charge in [-0.3, -0.25) is 4.90 Å². The lowest BCUT2D eigenvalue weighted by Crippen LogP contribution is -2.45. The van der Waals surface area contributed by atoms with Crippen LogP contribution in [0.15, 0.2) is 91.0 Å². The minimum absolute atomic E-state index is 0.00395. The monoisotopic (exact) mass is 387 g/mol. The van der Waals surface area contributed by atoms with Gasteiger partial charge in [0.25, 0.3) is 0 Å². The van der Waals surface area contributed by atoms with Crippen molar-refractivity contribution < 1.29 is 14.3 Å². The summed E-state index contributed by atoms with van der Waals surface area (Å²) in [5.74, 6) is 0. The van der Waals surface area contributed by atoms with Crippen molar-refractivity contribution in [2.45, 2.75) is 31.7 Å². The minimum atomic E-state index is -0.576. The largest absolute Gasteiger partial charge is 0.508 e. The van der Waals surface area contributed by atoms with Gasteiger partial charge in [0, 0.05) is 13.1 Å². The smallest absolute Gasteiger partial charge is 0.430 e. The van der Waals surface area contributed by atoms with Crippen LogP contribution < -0.4 is 0 Å². The van der Waals surface area contributed by atoms with Gasteiger partial charge in [-0.25, -0.2) is 4.79 Å². The second-order valence-corrected chi connectivity index (χ2v) is 7.35. The Hall–Kier alpha value is -3.11. The molecule has 0 spiro atoms. The molecular formula is C25H25NO3. The van der Waals surface area contributed by atoms with Crippen LogP contribution >= 0.6 is 0 Å². The number of ether oxygens (including phenoxy) is 2. The summed E-state index contributed by atoms with van der Waals surface area (Å²) in [5.41, 5.74) is 3.67. The van der Waals surface area contributed by atoms with Crippen molar-refractivity contribution in [3.63, 3.8) is 0 Å². The highest BCUT2D eigenvalue weighted by Crippen LogP contribution is 2.23. The topological polar surface area (TPSA) is 38.8 Å². The molecule has 0 aromatic heterocycles. The quantitative estimate of drug-likeness (QED) is 0.519. The van der Waals surface area contributed by atoms with Crippen molar-refractivity contribution in [1.29, 1.82) is 0 Å². The summed E-state index contributed by atoms with van der Waals surface area (Å²) in [4.78, 5) is 14.1. The summed E-state index contributed by atoms with van der Waals surface area (Å²) >= 11 is 0. The van der Waals surface area contributed by atoms with Crippen molar-refractivity contribution in [3.8, 4) is 0 Å². The standard InChI is InChI=1S/C25H25NO3/c27-25-28-19-24(29-25)23(16-20-10-4-1-5-11-20)26(17-21-12-6-2-7-13-21)18-22-14-8-3-9-15-22/h1-15,23-24H,16-19H2/t23-,24+/m0/s1. The number of rotatable bonds is 8. The predicted molar refractivity (Wildman–Crippen MR) is 112 cm³/mol. The number of benzene rings is 3. The summed E-state index contributed by atoms with van der Waals surface area (Å²) in [6.07, 6.45) is -0.0930. The molecule has 0 saturated carbocycles. The maximum absolute atomic E-state index is 11.7. The molecule has 1 saturated heterocycles. The van der Waals surface area contributed by atoms with E-state index in [2.05, 4.69) is 65.6 Å². The number of hydrogen-bond donors (Lipinski definition) is 0. The van der Waals surface area contributed by atoms with Crippen LogP contribution in [0, 0.1) is 0 Å². The molecule has 3 aromatic rings. The third-order valence-corrected chi connectivity index (χ3v) is 5.26. The van der Waals surface area contributed by atoms with E-state index in [1.165, 1.54) is 16.7 Å². The first kappa shape index (κ1) is 19.2. The van der Waals surface area contributed by atoms with Crippen LogP contribution in [-0.2, 0) is 29.0 Å². The number of carbonyl (C=O) groups is 1. The second-order valence-electron chi connectivity index (χ2n) is 7.35. The van der Waals surface area contributed by atoms with E-state index in [1.54, 1.807) is 0 Å². The van der Waals surface area contributed by atoms with E-state index in [4.69, 9.17) is 9.47 Å². The molecule has 4 nitrogen and oxygen atoms in total. The Morgan fingerprint density at radius 2 is 1.24 bits per heavy atom. The van der Waals surface area contributed by atoms with E-state index >= 15 is 0 Å². The first-order chi connectivity index (χ1) is 14.3. The summed E-state index contributed by atoms with van der Waals surface area (Å²) in [6.45, 7) is 1.82. The van der Waals surface area contributed by atoms with E-state index in [0.717, 1.165) is 19.5 Å². The first-order valence-corrected chi connectivity index (χ1v) is 9.97. The SMILES string of the molecule is O=C1OC[C@H]([C@H](Cc2ccccc2)N(Cc2ccccc2)Cc2ccccc2)O1. The van der Waals surface area contributed by atoms with Crippen LogP contribution in [0.25, 0.3) is 0 Å². The van der Waals surface area contributed by atoms with Gasteiger partial charge >= 0.3 is 6.16 Å². The molecule has 148 valence electrons. The fraction of sp³-hybridized carbons (Fsp3) is 0.240. The molecule has 0 aliphatic carbocycles. The summed E-state index contributed by atoms with van der Waals surface area (Å²) in [5, 5.41) is 0. The van der Waals surface area contributed by atoms with E-state index < -0.39 is 6.16 Å². The summed E-state index contributed by atoms with van der Waals surface area (Å²) < 4.78 is 10.7. The van der Waals surface area contributed by atoms with Crippen molar-refractivity contribution in [3.05, 3.63) is 108 Å². The molecular weight excluding hydrogens is 362 g/mol. The molecule has 4 heteroatoms. The zero-order valence-electron chi connectivity index (χ0n) is 16.3. The second kappa shape index (κ2) is 9.39. The molecule has 0 amide bonds. The molecule has 1 aliphatic rings. The molecule has 0 radical (unpaired) electrons. The molecule has 4 rings (SSSR count). The molecule has 1 fully saturated rings. The molecule has 0 bridgehead atoms. The maximum Gasteiger partial charge on any atom is 0.508 e. The van der Waals surface area contributed by atoms with E-state index in [0.29, 0.717) is 0 Å². The van der Waals surface area contributed by atoms with Gasteiger partial charge in [0.1, 0.15) is 6.61 Å². The zero-order chi connectivity index (χ0) is 19.9. The van der Waals surface area contributed by atoms with Crippen molar-refractivity contribution in [2.24, 2.45) is 0 Å². The van der Waals surface area contributed by atoms with Crippen molar-refractivity contribution in [1.82, 2.24) is 4.90 Å². The summed E-state index contributed by atoms with van der Waals surface area (Å²) in [7, 11) is 0. The Morgan fingerprint density at radius 1 is 0.759 bits per heavy atom. The highest BCUT2D eigenvalue weighted by Gasteiger charge is 2.36. The maximum atomic E-state index is 11.7. The fourth-order valence-electron chi connectivity index (χ4n) is 3.81. The van der Waals surface area contributed by atoms with Crippen LogP contribution in [-0.4, -0.2) is 29.8 Å². The minimum Gasteiger partial charge on any atom is -0.430 e. The van der Waals surface area contributed by atoms with Crippen LogP contribution in [0.3, 0.4) is 0 Å². The van der Waals surface area contributed by atoms with Crippen LogP contribution in [0.1, 0.15) is 16.7 Å². The van der Waals surface area contributed by atoms with Crippen LogP contribution in [0.5, 0.6) is 0 Å². The van der Waals surface area contributed by atoms with Gasteiger partial charge in [0.15, 0.2) is 6.10 Å². The van der Waals surface area contributed by atoms with Crippen molar-refractivity contribution >= 4 is 6.16 Å². The number of carbonyl (C=O) groups excluding carboxylic acids is 1. The molecule has 29 heavy (non-hydrogen) atoms. The molecule has 1 aliphatic heterocycles. The summed E-state index contributed by atoms with van der Waals surface area (Å²) in [6, 6.07) is 31.2. The molecule has 3 aromatic carbocycles. The number of cyclic esters (lactones) is 2. The molecule has 2 atom stereocenters. The Labute approximate surface area is 171 Å². The first-order valence-electron chi connectivity index (χ1n) is 9.97. The van der Waals surface area contributed by atoms with Gasteiger partial charge in [-0.2, -0.15) is 0 Å². The van der Waals surface area contributed by atoms with Gasteiger partial charge in [0.2, 0.25) is 0 Å². The Balaban J connectivity index is 1.64. The van der Waals surface area contributed by atoms with Crippen LogP contribution in [0.4, 0.5) is 4.79 Å². The van der Waals surface area contributed by atoms with E-state index in [9.17, 15) is 4.79 Å². The average molecular weight is 387 g/mol. The molecule has 0 unspecified atom stereocenters. The number of hydrogen-bond acceptors (Lipinski definition) is 4. The van der Waals surface area contributed by atoms with Gasteiger partial charge in [-0.1, -0.05) is 91.0 Å². The van der Waals surface area contributed by atoms with Gasteiger partial charge in [0.05, 0.1) is 6.04 Å². The molecule has 0 N–H and O–H groups in total.